The van der Waals surface area contributed by atoms with E-state index in [1.807, 2.05) is 0 Å². The van der Waals surface area contributed by atoms with Crippen LogP contribution in [0.4, 0.5) is 14.5 Å². The van der Waals surface area contributed by atoms with Crippen LogP contribution in [0.1, 0.15) is 38.5 Å². The van der Waals surface area contributed by atoms with Gasteiger partial charge in [-0.1, -0.05) is 6.07 Å². The Morgan fingerprint density at radius 1 is 1.09 bits per heavy atom. The number of nitrogens with one attached hydrogen (secondary N) is 1. The van der Waals surface area contributed by atoms with Crippen LogP contribution in [-0.4, -0.2) is 69.9 Å². The Hall–Kier alpha value is -1.78. The van der Waals surface area contributed by atoms with E-state index in [0.29, 0.717) is 38.9 Å². The molecule has 1 aromatic carbocycles. The molecule has 0 aromatic heterocycles. The highest BCUT2D eigenvalue weighted by atomic mass is 32.2. The van der Waals surface area contributed by atoms with Gasteiger partial charge in [-0.3, -0.25) is 4.79 Å². The van der Waals surface area contributed by atoms with Crippen LogP contribution in [0.2, 0.25) is 0 Å². The first-order chi connectivity index (χ1) is 15.2. The van der Waals surface area contributed by atoms with E-state index < -0.39 is 21.7 Å². The molecular formula is C22H31F2N3O4S. The fraction of sp³-hybridized carbons (Fsp3) is 0.682. The standard InChI is InChI=1S/C22H31F2N3O4S/c1-32(29,30)25-19-6-3-11-27(22(28)15-7-8-15)20(19)14-31-16-9-12-26(13-10-16)21-17(23)4-2-5-18(21)24/h2,4-5,15-16,19-20,25H,3,6-14H2,1H3/t19-,20-/m0/s1. The largest absolute Gasteiger partial charge is 0.376 e. The third kappa shape index (κ3) is 5.58. The lowest BCUT2D eigenvalue weighted by atomic mass is 9.96. The van der Waals surface area contributed by atoms with E-state index in [1.165, 1.54) is 18.2 Å². The van der Waals surface area contributed by atoms with Crippen LogP contribution < -0.4 is 9.62 Å². The lowest BCUT2D eigenvalue weighted by Gasteiger charge is -2.42. The highest BCUT2D eigenvalue weighted by Gasteiger charge is 2.41. The summed E-state index contributed by atoms with van der Waals surface area (Å²) in [5.74, 6) is -1.01. The first-order valence-corrected chi connectivity index (χ1v) is 13.2. The molecule has 0 bridgehead atoms. The van der Waals surface area contributed by atoms with E-state index in [2.05, 4.69) is 4.72 Å². The molecule has 0 radical (unpaired) electrons. The first-order valence-electron chi connectivity index (χ1n) is 11.3. The highest BCUT2D eigenvalue weighted by molar-refractivity contribution is 7.88. The van der Waals surface area contributed by atoms with E-state index >= 15 is 0 Å². The highest BCUT2D eigenvalue weighted by Crippen LogP contribution is 2.34. The number of halogens is 2. The summed E-state index contributed by atoms with van der Waals surface area (Å²) >= 11 is 0. The van der Waals surface area contributed by atoms with Gasteiger partial charge in [0, 0.05) is 31.6 Å². The van der Waals surface area contributed by atoms with Crippen molar-refractivity contribution >= 4 is 21.6 Å². The molecule has 10 heteroatoms. The number of ether oxygens (including phenoxy) is 1. The number of para-hydroxylation sites is 1. The third-order valence-electron chi connectivity index (χ3n) is 6.55. The van der Waals surface area contributed by atoms with Crippen molar-refractivity contribution in [1.29, 1.82) is 0 Å². The Labute approximate surface area is 188 Å². The van der Waals surface area contributed by atoms with Gasteiger partial charge in [-0.05, 0) is 50.7 Å². The number of anilines is 1. The van der Waals surface area contributed by atoms with Crippen LogP contribution in [0.15, 0.2) is 18.2 Å². The average molecular weight is 472 g/mol. The summed E-state index contributed by atoms with van der Waals surface area (Å²) in [5, 5.41) is 0. The summed E-state index contributed by atoms with van der Waals surface area (Å²) in [4.78, 5) is 16.3. The van der Waals surface area contributed by atoms with E-state index in [4.69, 9.17) is 4.74 Å². The van der Waals surface area contributed by atoms with E-state index in [0.717, 1.165) is 25.5 Å². The first kappa shape index (κ1) is 23.4. The molecule has 2 saturated heterocycles. The minimum Gasteiger partial charge on any atom is -0.376 e. The predicted molar refractivity (Wildman–Crippen MR) is 117 cm³/mol. The Morgan fingerprint density at radius 2 is 1.75 bits per heavy atom. The zero-order valence-electron chi connectivity index (χ0n) is 18.3. The van der Waals surface area contributed by atoms with Gasteiger partial charge in [0.15, 0.2) is 0 Å². The van der Waals surface area contributed by atoms with Crippen molar-refractivity contribution < 1.29 is 26.7 Å². The predicted octanol–water partition coefficient (Wildman–Crippen LogP) is 2.27. The van der Waals surface area contributed by atoms with Crippen LogP contribution in [0, 0.1) is 17.6 Å². The summed E-state index contributed by atoms with van der Waals surface area (Å²) in [5.41, 5.74) is -0.00291. The minimum absolute atomic E-state index is 0.00291. The SMILES string of the molecule is CS(=O)(=O)N[C@H]1CCCN(C(=O)C2CC2)[C@H]1COC1CCN(c2c(F)cccc2F)CC1. The molecular weight excluding hydrogens is 440 g/mol. The van der Waals surface area contributed by atoms with Crippen molar-refractivity contribution in [2.75, 3.05) is 37.4 Å². The summed E-state index contributed by atoms with van der Waals surface area (Å²) in [6.45, 7) is 1.77. The van der Waals surface area contributed by atoms with Crippen molar-refractivity contribution in [3.05, 3.63) is 29.8 Å². The van der Waals surface area contributed by atoms with Gasteiger partial charge < -0.3 is 14.5 Å². The number of amides is 1. The van der Waals surface area contributed by atoms with Crippen molar-refractivity contribution in [2.24, 2.45) is 5.92 Å². The molecule has 2 atom stereocenters. The fourth-order valence-electron chi connectivity index (χ4n) is 4.79. The molecule has 7 nitrogen and oxygen atoms in total. The second-order valence-electron chi connectivity index (χ2n) is 9.10. The average Bonchev–Trinajstić information content (AvgIpc) is 3.57. The number of hydrogen-bond donors (Lipinski definition) is 1. The quantitative estimate of drug-likeness (QED) is 0.660. The Bertz CT molecular complexity index is 913. The van der Waals surface area contributed by atoms with Gasteiger partial charge in [0.05, 0.1) is 25.0 Å². The lowest BCUT2D eigenvalue weighted by molar-refractivity contribution is -0.139. The smallest absolute Gasteiger partial charge is 0.226 e. The Balaban J connectivity index is 1.38. The van der Waals surface area contributed by atoms with Crippen LogP contribution in [-0.2, 0) is 19.6 Å². The zero-order valence-corrected chi connectivity index (χ0v) is 19.1. The molecule has 2 heterocycles. The van der Waals surface area contributed by atoms with Crippen LogP contribution >= 0.6 is 0 Å². The minimum atomic E-state index is -3.42. The maximum Gasteiger partial charge on any atom is 0.226 e. The molecule has 2 aliphatic heterocycles. The van der Waals surface area contributed by atoms with Gasteiger partial charge in [-0.2, -0.15) is 0 Å². The van der Waals surface area contributed by atoms with Gasteiger partial charge in [0.2, 0.25) is 15.9 Å². The molecule has 1 N–H and O–H groups in total. The molecule has 3 aliphatic rings. The number of hydrogen-bond acceptors (Lipinski definition) is 5. The Morgan fingerprint density at radius 3 is 2.34 bits per heavy atom. The number of sulfonamides is 1. The summed E-state index contributed by atoms with van der Waals surface area (Å²) in [7, 11) is -3.42. The molecule has 3 fully saturated rings. The number of nitrogens with zero attached hydrogens (tertiary/aromatic N) is 2. The van der Waals surface area contributed by atoms with E-state index in [1.54, 1.807) is 9.80 Å². The van der Waals surface area contributed by atoms with E-state index in [9.17, 15) is 22.0 Å². The van der Waals surface area contributed by atoms with Crippen LogP contribution in [0.5, 0.6) is 0 Å². The summed E-state index contributed by atoms with van der Waals surface area (Å²) < 4.78 is 60.8. The maximum atomic E-state index is 14.1. The number of benzene rings is 1. The molecule has 32 heavy (non-hydrogen) atoms. The molecule has 4 rings (SSSR count). The number of likely N-dealkylation sites (tertiary alicyclic amines) is 1. The number of carbonyl (C=O) groups is 1. The summed E-state index contributed by atoms with van der Waals surface area (Å²) in [6, 6.07) is 3.13. The number of piperidine rings is 2. The van der Waals surface area contributed by atoms with Crippen molar-refractivity contribution in [1.82, 2.24) is 9.62 Å². The van der Waals surface area contributed by atoms with Crippen molar-refractivity contribution in [3.8, 4) is 0 Å². The van der Waals surface area contributed by atoms with Crippen LogP contribution in [0.25, 0.3) is 0 Å². The zero-order chi connectivity index (χ0) is 22.9. The maximum absolute atomic E-state index is 14.1. The molecule has 0 spiro atoms. The van der Waals surface area contributed by atoms with Gasteiger partial charge in [-0.15, -0.1) is 0 Å². The molecule has 1 saturated carbocycles. The Kier molecular flexibility index (Phi) is 7.02. The molecule has 178 valence electrons. The molecule has 1 amide bonds. The fourth-order valence-corrected chi connectivity index (χ4v) is 5.61. The van der Waals surface area contributed by atoms with Gasteiger partial charge in [0.1, 0.15) is 17.3 Å². The molecule has 1 aromatic rings. The van der Waals surface area contributed by atoms with Gasteiger partial charge >= 0.3 is 0 Å². The number of rotatable bonds is 7. The topological polar surface area (TPSA) is 79.0 Å². The van der Waals surface area contributed by atoms with E-state index in [-0.39, 0.29) is 42.3 Å². The van der Waals surface area contributed by atoms with Gasteiger partial charge in [0.25, 0.3) is 0 Å². The second kappa shape index (κ2) is 9.61. The van der Waals surface area contributed by atoms with Gasteiger partial charge in [-0.25, -0.2) is 21.9 Å². The lowest BCUT2D eigenvalue weighted by Crippen LogP contribution is -2.59. The van der Waals surface area contributed by atoms with Crippen molar-refractivity contribution in [3.63, 3.8) is 0 Å². The second-order valence-corrected chi connectivity index (χ2v) is 10.9. The molecule has 1 aliphatic carbocycles. The van der Waals surface area contributed by atoms with Crippen molar-refractivity contribution in [2.45, 2.75) is 56.7 Å². The molecule has 0 unspecified atom stereocenters. The third-order valence-corrected chi connectivity index (χ3v) is 7.28. The number of carbonyl (C=O) groups excluding carboxylic acids is 1. The van der Waals surface area contributed by atoms with Crippen LogP contribution in [0.3, 0.4) is 0 Å². The monoisotopic (exact) mass is 471 g/mol. The normalized spacial score (nSPS) is 25.2. The summed E-state index contributed by atoms with van der Waals surface area (Å²) in [6.07, 6.45) is 5.39.